The maximum atomic E-state index is 12.7. The molecule has 0 N–H and O–H groups in total. The molecule has 2 bridgehead atoms. The van der Waals surface area contributed by atoms with Crippen molar-refractivity contribution in [3.63, 3.8) is 0 Å². The van der Waals surface area contributed by atoms with Crippen LogP contribution in [-0.4, -0.2) is 28.9 Å². The van der Waals surface area contributed by atoms with Crippen molar-refractivity contribution in [3.05, 3.63) is 29.8 Å². The molecule has 2 fully saturated rings. The lowest BCUT2D eigenvalue weighted by molar-refractivity contribution is 0.0407. The molecule has 2 saturated carbocycles. The van der Waals surface area contributed by atoms with Gasteiger partial charge in [0.25, 0.3) is 10.1 Å². The van der Waals surface area contributed by atoms with Gasteiger partial charge in [0.2, 0.25) is 0 Å². The van der Waals surface area contributed by atoms with Gasteiger partial charge in [-0.25, -0.2) is 0 Å². The third-order valence-electron chi connectivity index (χ3n) is 7.33. The molecule has 0 aromatic heterocycles. The van der Waals surface area contributed by atoms with Crippen LogP contribution in [0.25, 0.3) is 0 Å². The van der Waals surface area contributed by atoms with Crippen molar-refractivity contribution in [1.82, 2.24) is 0 Å². The third kappa shape index (κ3) is 4.40. The maximum absolute atomic E-state index is 12.7. The van der Waals surface area contributed by atoms with Gasteiger partial charge >= 0.3 is 0 Å². The molecule has 4 nitrogen and oxygen atoms in total. The van der Waals surface area contributed by atoms with E-state index in [9.17, 15) is 8.42 Å². The Hall–Kier alpha value is -0.693. The Labute approximate surface area is 172 Å². The van der Waals surface area contributed by atoms with Crippen molar-refractivity contribution in [3.8, 4) is 0 Å². The molecule has 0 amide bonds. The Balaban J connectivity index is 1.69. The zero-order valence-corrected chi connectivity index (χ0v) is 19.8. The summed E-state index contributed by atoms with van der Waals surface area (Å²) in [7, 11) is -5.38. The van der Waals surface area contributed by atoms with Crippen LogP contribution in [0.15, 0.2) is 29.2 Å². The average molecular weight is 425 g/mol. The lowest BCUT2D eigenvalue weighted by Gasteiger charge is -2.39. The highest BCUT2D eigenvalue weighted by Crippen LogP contribution is 2.52. The minimum absolute atomic E-state index is 0.246. The number of benzene rings is 1. The normalized spacial score (nSPS) is 28.6. The smallest absolute Gasteiger partial charge is 0.297 e. The Bertz CT molecular complexity index is 749. The minimum atomic E-state index is -3.73. The van der Waals surface area contributed by atoms with Gasteiger partial charge in [-0.3, -0.25) is 4.18 Å². The van der Waals surface area contributed by atoms with E-state index in [-0.39, 0.29) is 16.9 Å². The van der Waals surface area contributed by atoms with Crippen molar-refractivity contribution in [1.29, 1.82) is 0 Å². The van der Waals surface area contributed by atoms with Gasteiger partial charge in [0, 0.05) is 6.10 Å². The van der Waals surface area contributed by atoms with Crippen molar-refractivity contribution < 1.29 is 17.0 Å². The fourth-order valence-electron chi connectivity index (χ4n) is 5.37. The van der Waals surface area contributed by atoms with Gasteiger partial charge in [0.05, 0.1) is 11.0 Å². The molecule has 0 saturated heterocycles. The molecule has 6 heteroatoms. The van der Waals surface area contributed by atoms with E-state index in [0.717, 1.165) is 43.0 Å². The van der Waals surface area contributed by atoms with Gasteiger partial charge in [0.15, 0.2) is 8.32 Å². The second kappa shape index (κ2) is 8.58. The molecule has 3 rings (SSSR count). The summed E-state index contributed by atoms with van der Waals surface area (Å²) in [4.78, 5) is 0.246. The molecule has 0 aliphatic heterocycles. The molecule has 28 heavy (non-hydrogen) atoms. The van der Waals surface area contributed by atoms with Crippen LogP contribution in [-0.2, 0) is 18.7 Å². The van der Waals surface area contributed by atoms with Gasteiger partial charge in [-0.1, -0.05) is 38.5 Å². The molecular weight excluding hydrogens is 388 g/mol. The molecule has 2 aliphatic rings. The van der Waals surface area contributed by atoms with E-state index in [2.05, 4.69) is 20.8 Å². The van der Waals surface area contributed by atoms with E-state index in [0.29, 0.717) is 17.9 Å². The Kier molecular flexibility index (Phi) is 6.74. The second-order valence-corrected chi connectivity index (χ2v) is 15.2. The van der Waals surface area contributed by atoms with Crippen LogP contribution >= 0.6 is 0 Å². The SMILES string of the molecule is CC[Si](CC)(CC)O[C@H]1C[C@@H]2C[C@@H]([C@H](C)OS(=O)(=O)c3ccc(C)cc3)[C@H]1C2. The Morgan fingerprint density at radius 3 is 2.18 bits per heavy atom. The van der Waals surface area contributed by atoms with Crippen LogP contribution in [0, 0.1) is 24.7 Å². The summed E-state index contributed by atoms with van der Waals surface area (Å²) in [6.07, 6.45) is 3.36. The van der Waals surface area contributed by atoms with Gasteiger partial charge in [-0.05, 0) is 81.1 Å². The predicted molar refractivity (Wildman–Crippen MR) is 115 cm³/mol. The molecule has 0 spiro atoms. The molecule has 0 unspecified atom stereocenters. The standard InChI is InChI=1S/C22H36O4SSi/c1-6-28(7-2,8-3)26-22-15-18-13-20(21(22)14-18)17(5)25-27(23,24)19-11-9-16(4)10-12-19/h9-12,17-18,20-22H,6-8,13-15H2,1-5H3/t17-,18+,20-,21+,22-/m0/s1. The number of hydrogen-bond donors (Lipinski definition) is 0. The third-order valence-corrected chi connectivity index (χ3v) is 13.4. The molecule has 1 aromatic carbocycles. The summed E-state index contributed by atoms with van der Waals surface area (Å²) in [5.74, 6) is 1.36. The molecule has 158 valence electrons. The number of hydrogen-bond acceptors (Lipinski definition) is 4. The van der Waals surface area contributed by atoms with E-state index in [1.165, 1.54) is 0 Å². The molecule has 1 aromatic rings. The van der Waals surface area contributed by atoms with Gasteiger partial charge < -0.3 is 4.43 Å². The van der Waals surface area contributed by atoms with E-state index in [4.69, 9.17) is 8.61 Å². The van der Waals surface area contributed by atoms with Crippen molar-refractivity contribution in [2.24, 2.45) is 17.8 Å². The first-order chi connectivity index (χ1) is 13.2. The largest absolute Gasteiger partial charge is 0.414 e. The van der Waals surface area contributed by atoms with E-state index in [1.807, 2.05) is 26.0 Å². The molecule has 2 aliphatic carbocycles. The fraction of sp³-hybridized carbons (Fsp3) is 0.727. The molecule has 0 radical (unpaired) electrons. The topological polar surface area (TPSA) is 52.6 Å². The molecular formula is C22H36O4SSi. The summed E-state index contributed by atoms with van der Waals surface area (Å²) < 4.78 is 37.9. The van der Waals surface area contributed by atoms with E-state index in [1.54, 1.807) is 12.1 Å². The fourth-order valence-corrected chi connectivity index (χ4v) is 9.40. The van der Waals surface area contributed by atoms with Crippen molar-refractivity contribution in [2.75, 3.05) is 0 Å². The number of rotatable bonds is 9. The first-order valence-electron chi connectivity index (χ1n) is 10.9. The van der Waals surface area contributed by atoms with Crippen LogP contribution in [0.2, 0.25) is 18.1 Å². The van der Waals surface area contributed by atoms with Gasteiger partial charge in [-0.2, -0.15) is 8.42 Å². The van der Waals surface area contributed by atoms with E-state index < -0.39 is 18.4 Å². The van der Waals surface area contributed by atoms with Crippen LogP contribution < -0.4 is 0 Å². The Morgan fingerprint density at radius 2 is 1.64 bits per heavy atom. The highest BCUT2D eigenvalue weighted by molar-refractivity contribution is 7.86. The highest BCUT2D eigenvalue weighted by atomic mass is 32.2. The zero-order valence-electron chi connectivity index (χ0n) is 18.0. The number of aryl methyl sites for hydroxylation is 1. The van der Waals surface area contributed by atoms with Crippen molar-refractivity contribution in [2.45, 2.75) is 89.1 Å². The van der Waals surface area contributed by atoms with Gasteiger partial charge in [-0.15, -0.1) is 0 Å². The van der Waals surface area contributed by atoms with E-state index >= 15 is 0 Å². The molecule has 5 atom stereocenters. The summed E-state index contributed by atoms with van der Waals surface area (Å²) in [6, 6.07) is 10.4. The predicted octanol–water partition coefficient (Wildman–Crippen LogP) is 5.53. The highest BCUT2D eigenvalue weighted by Gasteiger charge is 2.51. The second-order valence-electron chi connectivity index (χ2n) is 8.87. The molecule has 0 heterocycles. The summed E-state index contributed by atoms with van der Waals surface area (Å²) >= 11 is 0. The zero-order chi connectivity index (χ0) is 20.5. The van der Waals surface area contributed by atoms with Crippen molar-refractivity contribution >= 4 is 18.4 Å². The first-order valence-corrected chi connectivity index (χ1v) is 14.8. The quantitative estimate of drug-likeness (QED) is 0.386. The monoisotopic (exact) mass is 424 g/mol. The van der Waals surface area contributed by atoms with Gasteiger partial charge in [0.1, 0.15) is 0 Å². The van der Waals surface area contributed by atoms with Crippen LogP contribution in [0.3, 0.4) is 0 Å². The summed E-state index contributed by atoms with van der Waals surface area (Å²) in [5.41, 5.74) is 1.04. The minimum Gasteiger partial charge on any atom is -0.414 e. The maximum Gasteiger partial charge on any atom is 0.297 e. The summed E-state index contributed by atoms with van der Waals surface area (Å²) in [6.45, 7) is 10.7. The van der Waals surface area contributed by atoms with Crippen LogP contribution in [0.1, 0.15) is 52.5 Å². The number of fused-ring (bicyclic) bond motifs is 2. The lowest BCUT2D eigenvalue weighted by Crippen LogP contribution is -2.44. The van der Waals surface area contributed by atoms with Crippen LogP contribution in [0.4, 0.5) is 0 Å². The summed E-state index contributed by atoms with van der Waals surface area (Å²) in [5, 5.41) is 0. The average Bonchev–Trinajstić information content (AvgIpc) is 3.26. The van der Waals surface area contributed by atoms with Crippen LogP contribution in [0.5, 0.6) is 0 Å². The lowest BCUT2D eigenvalue weighted by atomic mass is 9.83. The Morgan fingerprint density at radius 1 is 1.04 bits per heavy atom. The first kappa shape index (κ1) is 22.0.